The highest BCUT2D eigenvalue weighted by atomic mass is 16.5. The molecular formula is C15H26N4O. The van der Waals surface area contributed by atoms with Crippen LogP contribution >= 0.6 is 0 Å². The number of morpholine rings is 1. The maximum atomic E-state index is 5.59. The molecule has 0 radical (unpaired) electrons. The summed E-state index contributed by atoms with van der Waals surface area (Å²) in [6, 6.07) is 2.06. The van der Waals surface area contributed by atoms with Crippen molar-refractivity contribution in [2.45, 2.75) is 46.1 Å². The van der Waals surface area contributed by atoms with Crippen molar-refractivity contribution >= 4 is 11.6 Å². The topological polar surface area (TPSA) is 50.3 Å². The predicted molar refractivity (Wildman–Crippen MR) is 82.4 cm³/mol. The molecule has 1 aliphatic rings. The molecule has 0 saturated carbocycles. The number of nitrogens with one attached hydrogen (secondary N) is 1. The summed E-state index contributed by atoms with van der Waals surface area (Å²) in [7, 11) is 0. The van der Waals surface area contributed by atoms with Crippen molar-refractivity contribution in [3.05, 3.63) is 11.9 Å². The SMILES string of the molecule is CCCNc1cc(N2CCOCC2(C)C)nc(CC)n1. The van der Waals surface area contributed by atoms with Gasteiger partial charge in [0.1, 0.15) is 17.5 Å². The van der Waals surface area contributed by atoms with Gasteiger partial charge in [0, 0.05) is 25.6 Å². The van der Waals surface area contributed by atoms with Gasteiger partial charge in [0.15, 0.2) is 0 Å². The molecule has 1 fully saturated rings. The second-order valence-electron chi connectivity index (χ2n) is 5.82. The number of hydrogen-bond acceptors (Lipinski definition) is 5. The highest BCUT2D eigenvalue weighted by Crippen LogP contribution is 2.27. The molecule has 1 aromatic heterocycles. The maximum Gasteiger partial charge on any atom is 0.135 e. The summed E-state index contributed by atoms with van der Waals surface area (Å²) in [5.41, 5.74) is -0.0281. The van der Waals surface area contributed by atoms with Crippen LogP contribution in [0, 0.1) is 0 Å². The van der Waals surface area contributed by atoms with Crippen LogP contribution in [0.25, 0.3) is 0 Å². The zero-order valence-corrected chi connectivity index (χ0v) is 13.1. The molecule has 0 aliphatic carbocycles. The average molecular weight is 278 g/mol. The van der Waals surface area contributed by atoms with E-state index >= 15 is 0 Å². The van der Waals surface area contributed by atoms with E-state index in [0.29, 0.717) is 0 Å². The number of anilines is 2. The number of ether oxygens (including phenoxy) is 1. The Labute approximate surface area is 121 Å². The van der Waals surface area contributed by atoms with Crippen LogP contribution < -0.4 is 10.2 Å². The number of aryl methyl sites for hydroxylation is 1. The third-order valence-electron chi connectivity index (χ3n) is 3.55. The zero-order chi connectivity index (χ0) is 14.6. The summed E-state index contributed by atoms with van der Waals surface area (Å²) in [6.07, 6.45) is 1.93. The van der Waals surface area contributed by atoms with Crippen molar-refractivity contribution in [1.29, 1.82) is 0 Å². The van der Waals surface area contributed by atoms with Crippen LogP contribution in [0.5, 0.6) is 0 Å². The molecule has 2 heterocycles. The lowest BCUT2D eigenvalue weighted by atomic mass is 10.0. The van der Waals surface area contributed by atoms with Crippen molar-refractivity contribution in [1.82, 2.24) is 9.97 Å². The molecule has 5 heteroatoms. The lowest BCUT2D eigenvalue weighted by molar-refractivity contribution is 0.0639. The molecule has 1 N–H and O–H groups in total. The zero-order valence-electron chi connectivity index (χ0n) is 13.1. The van der Waals surface area contributed by atoms with Gasteiger partial charge in [-0.3, -0.25) is 0 Å². The number of nitrogens with zero attached hydrogens (tertiary/aromatic N) is 3. The molecule has 0 aromatic carbocycles. The number of rotatable bonds is 5. The molecule has 1 aromatic rings. The summed E-state index contributed by atoms with van der Waals surface area (Å²) in [4.78, 5) is 11.6. The molecular weight excluding hydrogens is 252 g/mol. The Kier molecular flexibility index (Phi) is 4.81. The van der Waals surface area contributed by atoms with Crippen LogP contribution in [-0.2, 0) is 11.2 Å². The van der Waals surface area contributed by atoms with Crippen LogP contribution in [-0.4, -0.2) is 41.8 Å². The van der Waals surface area contributed by atoms with E-state index in [0.717, 1.165) is 56.6 Å². The molecule has 2 rings (SSSR count). The van der Waals surface area contributed by atoms with Crippen molar-refractivity contribution < 1.29 is 4.74 Å². The fraction of sp³-hybridized carbons (Fsp3) is 0.733. The Morgan fingerprint density at radius 2 is 2.15 bits per heavy atom. The molecule has 0 atom stereocenters. The summed E-state index contributed by atoms with van der Waals surface area (Å²) in [5, 5.41) is 3.37. The van der Waals surface area contributed by atoms with Gasteiger partial charge in [-0.25, -0.2) is 9.97 Å². The van der Waals surface area contributed by atoms with Crippen LogP contribution in [0.1, 0.15) is 39.9 Å². The molecule has 0 spiro atoms. The second kappa shape index (κ2) is 6.39. The molecule has 5 nitrogen and oxygen atoms in total. The Bertz CT molecular complexity index is 447. The van der Waals surface area contributed by atoms with E-state index in [4.69, 9.17) is 9.72 Å². The second-order valence-corrected chi connectivity index (χ2v) is 5.82. The molecule has 0 bridgehead atoms. The maximum absolute atomic E-state index is 5.59. The van der Waals surface area contributed by atoms with Gasteiger partial charge < -0.3 is 15.0 Å². The molecule has 0 amide bonds. The monoisotopic (exact) mass is 278 g/mol. The van der Waals surface area contributed by atoms with E-state index in [-0.39, 0.29) is 5.54 Å². The Balaban J connectivity index is 2.29. The minimum atomic E-state index is -0.0281. The highest BCUT2D eigenvalue weighted by Gasteiger charge is 2.31. The standard InChI is InChI=1S/C15H26N4O/c1-5-7-16-13-10-14(18-12(6-2)17-13)19-8-9-20-11-15(19,3)4/h10H,5-9,11H2,1-4H3,(H,16,17,18). The average Bonchev–Trinajstić information content (AvgIpc) is 2.44. The quantitative estimate of drug-likeness (QED) is 0.896. The van der Waals surface area contributed by atoms with Gasteiger partial charge >= 0.3 is 0 Å². The summed E-state index contributed by atoms with van der Waals surface area (Å²) in [5.74, 6) is 2.82. The van der Waals surface area contributed by atoms with Gasteiger partial charge in [-0.15, -0.1) is 0 Å². The van der Waals surface area contributed by atoms with Crippen LogP contribution in [0.4, 0.5) is 11.6 Å². The molecule has 1 aliphatic heterocycles. The van der Waals surface area contributed by atoms with Gasteiger partial charge in [0.05, 0.1) is 18.8 Å². The minimum Gasteiger partial charge on any atom is -0.377 e. The summed E-state index contributed by atoms with van der Waals surface area (Å²) >= 11 is 0. The fourth-order valence-electron chi connectivity index (χ4n) is 2.41. The lowest BCUT2D eigenvalue weighted by Gasteiger charge is -2.43. The van der Waals surface area contributed by atoms with Crippen LogP contribution in [0.3, 0.4) is 0 Å². The first-order chi connectivity index (χ1) is 9.56. The van der Waals surface area contributed by atoms with Crippen molar-refractivity contribution in [3.63, 3.8) is 0 Å². The van der Waals surface area contributed by atoms with Gasteiger partial charge in [-0.1, -0.05) is 13.8 Å². The first-order valence-corrected chi connectivity index (χ1v) is 7.54. The van der Waals surface area contributed by atoms with Crippen molar-refractivity contribution in [2.75, 3.05) is 36.5 Å². The Hall–Kier alpha value is -1.36. The molecule has 112 valence electrons. The summed E-state index contributed by atoms with van der Waals surface area (Å²) < 4.78 is 5.59. The first kappa shape index (κ1) is 15.0. The molecule has 20 heavy (non-hydrogen) atoms. The van der Waals surface area contributed by atoms with E-state index in [9.17, 15) is 0 Å². The summed E-state index contributed by atoms with van der Waals surface area (Å²) in [6.45, 7) is 11.9. The minimum absolute atomic E-state index is 0.0281. The predicted octanol–water partition coefficient (Wildman–Crippen LogP) is 2.48. The van der Waals surface area contributed by atoms with Gasteiger partial charge in [0.25, 0.3) is 0 Å². The molecule has 0 unspecified atom stereocenters. The largest absolute Gasteiger partial charge is 0.377 e. The van der Waals surface area contributed by atoms with E-state index in [1.165, 1.54) is 0 Å². The third kappa shape index (κ3) is 3.39. The van der Waals surface area contributed by atoms with Gasteiger partial charge in [-0.2, -0.15) is 0 Å². The normalized spacial score (nSPS) is 18.1. The molecule has 1 saturated heterocycles. The smallest absolute Gasteiger partial charge is 0.135 e. The van der Waals surface area contributed by atoms with Gasteiger partial charge in [0.2, 0.25) is 0 Å². The van der Waals surface area contributed by atoms with Gasteiger partial charge in [-0.05, 0) is 20.3 Å². The third-order valence-corrected chi connectivity index (χ3v) is 3.55. The number of aromatic nitrogens is 2. The van der Waals surface area contributed by atoms with Crippen LogP contribution in [0.2, 0.25) is 0 Å². The highest BCUT2D eigenvalue weighted by molar-refractivity contribution is 5.51. The fourth-order valence-corrected chi connectivity index (χ4v) is 2.41. The van der Waals surface area contributed by atoms with Crippen molar-refractivity contribution in [3.8, 4) is 0 Å². The van der Waals surface area contributed by atoms with Crippen molar-refractivity contribution in [2.24, 2.45) is 0 Å². The van der Waals surface area contributed by atoms with E-state index in [2.05, 4.69) is 49.0 Å². The van der Waals surface area contributed by atoms with E-state index in [1.54, 1.807) is 0 Å². The number of hydrogen-bond donors (Lipinski definition) is 1. The first-order valence-electron chi connectivity index (χ1n) is 7.54. The van der Waals surface area contributed by atoms with E-state index in [1.807, 2.05) is 0 Å². The van der Waals surface area contributed by atoms with E-state index < -0.39 is 0 Å². The Morgan fingerprint density at radius 3 is 2.80 bits per heavy atom. The van der Waals surface area contributed by atoms with Crippen LogP contribution in [0.15, 0.2) is 6.07 Å². The Morgan fingerprint density at radius 1 is 1.35 bits per heavy atom. The lowest BCUT2D eigenvalue weighted by Crippen LogP contribution is -2.53.